The largest absolute Gasteiger partial charge is 0.323 e. The molecule has 0 fully saturated rings. The monoisotopic (exact) mass is 278 g/mol. The average molecular weight is 279 g/mol. The van der Waals surface area contributed by atoms with Crippen molar-refractivity contribution in [2.75, 3.05) is 18.4 Å². The maximum Gasteiger partial charge on any atom is 0.238 e. The molecule has 0 saturated carbocycles. The third kappa shape index (κ3) is 3.56. The quantitative estimate of drug-likeness (QED) is 0.880. The third-order valence-electron chi connectivity index (χ3n) is 2.52. The fraction of sp³-hybridized carbons (Fsp3) is 0.231. The lowest BCUT2D eigenvalue weighted by Crippen LogP contribution is -2.28. The van der Waals surface area contributed by atoms with Crippen molar-refractivity contribution in [3.05, 3.63) is 41.7 Å². The molecule has 0 spiro atoms. The van der Waals surface area contributed by atoms with E-state index in [0.717, 1.165) is 12.2 Å². The van der Waals surface area contributed by atoms with Crippen LogP contribution in [0.5, 0.6) is 0 Å². The maximum atomic E-state index is 11.8. The van der Waals surface area contributed by atoms with Crippen LogP contribution in [0.1, 0.15) is 6.92 Å². The van der Waals surface area contributed by atoms with Gasteiger partial charge in [0.25, 0.3) is 0 Å². The molecule has 0 atom stereocenters. The van der Waals surface area contributed by atoms with Gasteiger partial charge >= 0.3 is 0 Å². The number of carbonyl (C=O) groups is 1. The Balaban J connectivity index is 2.23. The van der Waals surface area contributed by atoms with Crippen molar-refractivity contribution >= 4 is 23.2 Å². The van der Waals surface area contributed by atoms with Crippen LogP contribution >= 0.6 is 11.6 Å². The minimum Gasteiger partial charge on any atom is -0.323 e. The summed E-state index contributed by atoms with van der Waals surface area (Å²) in [6.07, 6.45) is 3.49. The van der Waals surface area contributed by atoms with Gasteiger partial charge < -0.3 is 10.6 Å². The van der Waals surface area contributed by atoms with E-state index in [2.05, 4.69) is 15.7 Å². The summed E-state index contributed by atoms with van der Waals surface area (Å²) in [6.45, 7) is 2.96. The Labute approximate surface area is 116 Å². The summed E-state index contributed by atoms with van der Waals surface area (Å²) in [6, 6.07) is 7.11. The highest BCUT2D eigenvalue weighted by molar-refractivity contribution is 6.31. The zero-order valence-corrected chi connectivity index (χ0v) is 11.3. The molecule has 100 valence electrons. The van der Waals surface area contributed by atoms with Crippen LogP contribution in [0.3, 0.4) is 0 Å². The fourth-order valence-corrected chi connectivity index (χ4v) is 1.82. The lowest BCUT2D eigenvalue weighted by atomic mass is 10.2. The first-order valence-corrected chi connectivity index (χ1v) is 6.38. The van der Waals surface area contributed by atoms with Gasteiger partial charge in [0.15, 0.2) is 0 Å². The number of nitrogens with one attached hydrogen (secondary N) is 2. The standard InChI is InChI=1S/C13H15ClN4O/c1-2-15-9-13(19)17-11-8-10(14)4-5-12(11)18-7-3-6-16-18/h3-8,15H,2,9H2,1H3,(H,17,19). The summed E-state index contributed by atoms with van der Waals surface area (Å²) in [5, 5.41) is 10.5. The minimum absolute atomic E-state index is 0.113. The summed E-state index contributed by atoms with van der Waals surface area (Å²) < 4.78 is 1.68. The fourth-order valence-electron chi connectivity index (χ4n) is 1.65. The van der Waals surface area contributed by atoms with Crippen molar-refractivity contribution in [3.63, 3.8) is 0 Å². The molecule has 0 aliphatic heterocycles. The molecule has 2 N–H and O–H groups in total. The third-order valence-corrected chi connectivity index (χ3v) is 2.75. The molecule has 1 heterocycles. The van der Waals surface area contributed by atoms with E-state index in [9.17, 15) is 4.79 Å². The summed E-state index contributed by atoms with van der Waals surface area (Å²) in [5.74, 6) is -0.113. The van der Waals surface area contributed by atoms with Crippen molar-refractivity contribution in [2.24, 2.45) is 0 Å². The number of rotatable bonds is 5. The van der Waals surface area contributed by atoms with E-state index in [1.807, 2.05) is 25.3 Å². The highest BCUT2D eigenvalue weighted by Gasteiger charge is 2.09. The minimum atomic E-state index is -0.113. The van der Waals surface area contributed by atoms with Crippen molar-refractivity contribution < 1.29 is 4.79 Å². The van der Waals surface area contributed by atoms with Crippen LogP contribution in [0.15, 0.2) is 36.7 Å². The molecule has 0 bridgehead atoms. The molecule has 19 heavy (non-hydrogen) atoms. The molecule has 1 amide bonds. The highest BCUT2D eigenvalue weighted by atomic mass is 35.5. The summed E-state index contributed by atoms with van der Waals surface area (Å²) in [4.78, 5) is 11.8. The summed E-state index contributed by atoms with van der Waals surface area (Å²) in [7, 11) is 0. The normalized spacial score (nSPS) is 10.4. The van der Waals surface area contributed by atoms with E-state index in [1.54, 1.807) is 23.0 Å². The first kappa shape index (κ1) is 13.6. The molecule has 1 aromatic heterocycles. The van der Waals surface area contributed by atoms with E-state index in [-0.39, 0.29) is 12.5 Å². The van der Waals surface area contributed by atoms with Gasteiger partial charge in [0.05, 0.1) is 17.9 Å². The Bertz CT molecular complexity index is 554. The zero-order chi connectivity index (χ0) is 13.7. The van der Waals surface area contributed by atoms with Crippen LogP contribution in [-0.4, -0.2) is 28.8 Å². The number of nitrogens with zero attached hydrogens (tertiary/aromatic N) is 2. The number of amides is 1. The molecule has 1 aromatic carbocycles. The molecular formula is C13H15ClN4O. The maximum absolute atomic E-state index is 11.8. The lowest BCUT2D eigenvalue weighted by Gasteiger charge is -2.11. The van der Waals surface area contributed by atoms with Crippen LogP contribution in [0.4, 0.5) is 5.69 Å². The SMILES string of the molecule is CCNCC(=O)Nc1cc(Cl)ccc1-n1cccn1. The molecule has 5 nitrogen and oxygen atoms in total. The van der Waals surface area contributed by atoms with Gasteiger partial charge in [0, 0.05) is 17.4 Å². The van der Waals surface area contributed by atoms with Gasteiger partial charge in [-0.3, -0.25) is 4.79 Å². The van der Waals surface area contributed by atoms with Crippen LogP contribution in [0.25, 0.3) is 5.69 Å². The van der Waals surface area contributed by atoms with E-state index >= 15 is 0 Å². The Morgan fingerprint density at radius 3 is 3.00 bits per heavy atom. The first-order chi connectivity index (χ1) is 9.20. The molecule has 0 radical (unpaired) electrons. The lowest BCUT2D eigenvalue weighted by molar-refractivity contribution is -0.115. The predicted octanol–water partition coefficient (Wildman–Crippen LogP) is 2.07. The van der Waals surface area contributed by atoms with Gasteiger partial charge in [-0.2, -0.15) is 5.10 Å². The average Bonchev–Trinajstić information content (AvgIpc) is 2.90. The number of anilines is 1. The number of aromatic nitrogens is 2. The van der Waals surface area contributed by atoms with Crippen LogP contribution in [0.2, 0.25) is 5.02 Å². The molecule has 0 unspecified atom stereocenters. The second kappa shape index (κ2) is 6.36. The second-order valence-corrected chi connectivity index (χ2v) is 4.38. The topological polar surface area (TPSA) is 59.0 Å². The summed E-state index contributed by atoms with van der Waals surface area (Å²) in [5.41, 5.74) is 1.42. The van der Waals surface area contributed by atoms with Gasteiger partial charge in [-0.1, -0.05) is 18.5 Å². The van der Waals surface area contributed by atoms with E-state index in [1.165, 1.54) is 0 Å². The van der Waals surface area contributed by atoms with Crippen molar-refractivity contribution in [3.8, 4) is 5.69 Å². The number of halogens is 1. The molecular weight excluding hydrogens is 264 g/mol. The Kier molecular flexibility index (Phi) is 4.54. The van der Waals surface area contributed by atoms with Crippen molar-refractivity contribution in [1.82, 2.24) is 15.1 Å². The van der Waals surface area contributed by atoms with Crippen molar-refractivity contribution in [1.29, 1.82) is 0 Å². The molecule has 0 aliphatic rings. The first-order valence-electron chi connectivity index (χ1n) is 6.01. The number of likely N-dealkylation sites (N-methyl/N-ethyl adjacent to an activating group) is 1. The Morgan fingerprint density at radius 2 is 2.32 bits per heavy atom. The molecule has 2 aromatic rings. The number of benzene rings is 1. The van der Waals surface area contributed by atoms with E-state index < -0.39 is 0 Å². The molecule has 6 heteroatoms. The van der Waals surface area contributed by atoms with Gasteiger partial charge in [0.2, 0.25) is 5.91 Å². The van der Waals surface area contributed by atoms with Crippen LogP contribution in [0, 0.1) is 0 Å². The Morgan fingerprint density at radius 1 is 1.47 bits per heavy atom. The van der Waals surface area contributed by atoms with Gasteiger partial charge in [0.1, 0.15) is 0 Å². The van der Waals surface area contributed by atoms with Crippen molar-refractivity contribution in [2.45, 2.75) is 6.92 Å². The predicted molar refractivity (Wildman–Crippen MR) is 75.7 cm³/mol. The second-order valence-electron chi connectivity index (χ2n) is 3.94. The van der Waals surface area contributed by atoms with Crippen LogP contribution in [-0.2, 0) is 4.79 Å². The highest BCUT2D eigenvalue weighted by Crippen LogP contribution is 2.23. The number of carbonyl (C=O) groups excluding carboxylic acids is 1. The van der Waals surface area contributed by atoms with Gasteiger partial charge in [-0.15, -0.1) is 0 Å². The van der Waals surface area contributed by atoms with E-state index in [4.69, 9.17) is 11.6 Å². The number of hydrogen-bond acceptors (Lipinski definition) is 3. The van der Waals surface area contributed by atoms with Gasteiger partial charge in [-0.25, -0.2) is 4.68 Å². The van der Waals surface area contributed by atoms with Crippen LogP contribution < -0.4 is 10.6 Å². The number of hydrogen-bond donors (Lipinski definition) is 2. The molecule has 0 saturated heterocycles. The van der Waals surface area contributed by atoms with Gasteiger partial charge in [-0.05, 0) is 30.8 Å². The zero-order valence-electron chi connectivity index (χ0n) is 10.6. The molecule has 2 rings (SSSR count). The Hall–Kier alpha value is -1.85. The smallest absolute Gasteiger partial charge is 0.238 e. The van der Waals surface area contributed by atoms with E-state index in [0.29, 0.717) is 10.7 Å². The molecule has 0 aliphatic carbocycles. The summed E-state index contributed by atoms with van der Waals surface area (Å²) >= 11 is 5.97.